The average molecular weight is 344 g/mol. The maximum Gasteiger partial charge on any atom is -0.0181 e. The van der Waals surface area contributed by atoms with Crippen LogP contribution in [-0.2, 0) is 0 Å². The molecule has 0 saturated heterocycles. The zero-order valence-corrected chi connectivity index (χ0v) is 17.2. The van der Waals surface area contributed by atoms with E-state index >= 15 is 0 Å². The van der Waals surface area contributed by atoms with Gasteiger partial charge in [0.25, 0.3) is 0 Å². The van der Waals surface area contributed by atoms with Gasteiger partial charge in [0, 0.05) is 0 Å². The van der Waals surface area contributed by atoms with Crippen molar-refractivity contribution in [1.29, 1.82) is 0 Å². The molecule has 143 valence electrons. The molecule has 0 aliphatic heterocycles. The first kappa shape index (κ1) is 22.3. The van der Waals surface area contributed by atoms with Gasteiger partial charge in [-0.15, -0.1) is 0 Å². The molecule has 0 heteroatoms. The zero-order valence-electron chi connectivity index (χ0n) is 17.2. The Bertz CT molecular complexity index is 367. The van der Waals surface area contributed by atoms with Gasteiger partial charge in [0.1, 0.15) is 0 Å². The van der Waals surface area contributed by atoms with Crippen molar-refractivity contribution >= 4 is 0 Å². The molecule has 0 aliphatic rings. The van der Waals surface area contributed by atoms with Gasteiger partial charge >= 0.3 is 0 Å². The molecule has 25 heavy (non-hydrogen) atoms. The van der Waals surface area contributed by atoms with Gasteiger partial charge in [0.15, 0.2) is 0 Å². The summed E-state index contributed by atoms with van der Waals surface area (Å²) < 4.78 is 0. The van der Waals surface area contributed by atoms with Gasteiger partial charge in [-0.3, -0.25) is 0 Å². The van der Waals surface area contributed by atoms with Gasteiger partial charge in [0.2, 0.25) is 0 Å². The second kappa shape index (κ2) is 16.7. The summed E-state index contributed by atoms with van der Waals surface area (Å²) >= 11 is 0. The minimum Gasteiger partial charge on any atom is -0.0654 e. The fourth-order valence-corrected chi connectivity index (χ4v) is 3.70. The maximum absolute atomic E-state index is 3.20. The molecule has 1 rings (SSSR count). The third kappa shape index (κ3) is 13.1. The molecule has 1 atom stereocenters. The predicted molar refractivity (Wildman–Crippen MR) is 113 cm³/mol. The summed E-state index contributed by atoms with van der Waals surface area (Å²) in [6.45, 7) is 4.65. The summed E-state index contributed by atoms with van der Waals surface area (Å²) in [5, 5.41) is 0. The van der Waals surface area contributed by atoms with E-state index in [1.165, 1.54) is 108 Å². The van der Waals surface area contributed by atoms with Crippen LogP contribution in [0.15, 0.2) is 24.3 Å². The van der Waals surface area contributed by atoms with Gasteiger partial charge in [0.05, 0.1) is 0 Å². The zero-order chi connectivity index (χ0) is 18.0. The molecule has 0 nitrogen and oxygen atoms in total. The quantitative estimate of drug-likeness (QED) is 0.248. The van der Waals surface area contributed by atoms with Gasteiger partial charge in [-0.05, 0) is 24.0 Å². The van der Waals surface area contributed by atoms with E-state index in [1.807, 2.05) is 6.07 Å². The summed E-state index contributed by atoms with van der Waals surface area (Å²) in [6.07, 6.45) is 23.0. The lowest BCUT2D eigenvalue weighted by Gasteiger charge is -2.11. The van der Waals surface area contributed by atoms with Crippen molar-refractivity contribution in [3.63, 3.8) is 0 Å². The summed E-state index contributed by atoms with van der Waals surface area (Å²) in [5.41, 5.74) is 1.45. The first-order valence-electron chi connectivity index (χ1n) is 11.3. The Kier molecular flexibility index (Phi) is 14.8. The first-order valence-corrected chi connectivity index (χ1v) is 11.3. The van der Waals surface area contributed by atoms with Crippen LogP contribution in [0.3, 0.4) is 0 Å². The van der Waals surface area contributed by atoms with Gasteiger partial charge in [-0.2, -0.15) is 0 Å². The van der Waals surface area contributed by atoms with Crippen LogP contribution in [0.25, 0.3) is 0 Å². The van der Waals surface area contributed by atoms with Crippen molar-refractivity contribution in [2.24, 2.45) is 0 Å². The van der Waals surface area contributed by atoms with E-state index in [0.29, 0.717) is 5.92 Å². The Labute approximate surface area is 158 Å². The normalized spacial score (nSPS) is 12.4. The van der Waals surface area contributed by atoms with E-state index in [0.717, 1.165) is 0 Å². The molecule has 0 fully saturated rings. The highest BCUT2D eigenvalue weighted by Gasteiger charge is 2.04. The summed E-state index contributed by atoms with van der Waals surface area (Å²) in [7, 11) is 0. The molecule has 1 aromatic rings. The lowest BCUT2D eigenvalue weighted by molar-refractivity contribution is 0.522. The highest BCUT2D eigenvalue weighted by molar-refractivity contribution is 5.17. The maximum atomic E-state index is 3.20. The molecule has 0 aromatic heterocycles. The molecule has 0 aliphatic carbocycles. The van der Waals surface area contributed by atoms with Crippen molar-refractivity contribution in [3.8, 4) is 0 Å². The number of hydrogen-bond acceptors (Lipinski definition) is 0. The van der Waals surface area contributed by atoms with Crippen LogP contribution in [0.5, 0.6) is 0 Å². The van der Waals surface area contributed by atoms with Gasteiger partial charge < -0.3 is 0 Å². The molecular formula is C25H43. The fraction of sp³-hybridized carbons (Fsp3) is 0.760. The van der Waals surface area contributed by atoms with Crippen LogP contribution in [-0.4, -0.2) is 0 Å². The second-order valence-electron chi connectivity index (χ2n) is 7.98. The highest BCUT2D eigenvalue weighted by Crippen LogP contribution is 2.22. The Hall–Kier alpha value is -0.780. The van der Waals surface area contributed by atoms with Crippen molar-refractivity contribution in [3.05, 3.63) is 35.9 Å². The number of hydrogen-bond donors (Lipinski definition) is 0. The molecular weight excluding hydrogens is 300 g/mol. The van der Waals surface area contributed by atoms with Crippen LogP contribution in [0, 0.1) is 6.07 Å². The Morgan fingerprint density at radius 3 is 1.64 bits per heavy atom. The van der Waals surface area contributed by atoms with Crippen LogP contribution in [0.4, 0.5) is 0 Å². The lowest BCUT2D eigenvalue weighted by atomic mass is 9.95. The Balaban J connectivity index is 1.77. The fourth-order valence-electron chi connectivity index (χ4n) is 3.70. The Morgan fingerprint density at radius 1 is 0.720 bits per heavy atom. The van der Waals surface area contributed by atoms with Gasteiger partial charge in [-0.25, -0.2) is 0 Å². The molecule has 1 radical (unpaired) electrons. The van der Waals surface area contributed by atoms with E-state index in [9.17, 15) is 0 Å². The smallest absolute Gasteiger partial charge is 0.0181 e. The van der Waals surface area contributed by atoms with Crippen LogP contribution >= 0.6 is 0 Å². The second-order valence-corrected chi connectivity index (χ2v) is 7.98. The lowest BCUT2D eigenvalue weighted by Crippen LogP contribution is -1.93. The predicted octanol–water partition coefficient (Wildman–Crippen LogP) is 8.85. The van der Waals surface area contributed by atoms with Crippen LogP contribution < -0.4 is 0 Å². The minimum absolute atomic E-state index is 0.694. The van der Waals surface area contributed by atoms with Crippen molar-refractivity contribution in [2.45, 2.75) is 122 Å². The van der Waals surface area contributed by atoms with E-state index in [2.05, 4.69) is 38.1 Å². The Morgan fingerprint density at radius 2 is 1.20 bits per heavy atom. The first-order chi connectivity index (χ1) is 12.3. The third-order valence-electron chi connectivity index (χ3n) is 5.54. The molecule has 1 aromatic carbocycles. The largest absolute Gasteiger partial charge is 0.0654 e. The van der Waals surface area contributed by atoms with Crippen molar-refractivity contribution in [1.82, 2.24) is 0 Å². The van der Waals surface area contributed by atoms with Crippen molar-refractivity contribution < 1.29 is 0 Å². The third-order valence-corrected chi connectivity index (χ3v) is 5.54. The molecule has 0 bridgehead atoms. The van der Waals surface area contributed by atoms with E-state index in [4.69, 9.17) is 0 Å². The summed E-state index contributed by atoms with van der Waals surface area (Å²) in [6, 6.07) is 11.7. The van der Waals surface area contributed by atoms with Gasteiger partial charge in [-0.1, -0.05) is 134 Å². The highest BCUT2D eigenvalue weighted by atomic mass is 14.1. The molecule has 0 heterocycles. The monoisotopic (exact) mass is 343 g/mol. The number of rotatable bonds is 17. The standard InChI is InChI=1S/C25H43/c1-3-4-5-6-7-8-9-10-11-12-13-14-15-16-18-21-24(2)25-22-19-17-20-23-25/h17,19,22-24H,3-16,18,21H2,1-2H3. The van der Waals surface area contributed by atoms with Crippen LogP contribution in [0.1, 0.15) is 128 Å². The number of benzene rings is 1. The SMILES string of the molecule is CCCCCCCCCCCCCCCCCC(C)c1c[c]ccc1. The molecule has 0 amide bonds. The number of unbranched alkanes of at least 4 members (excludes halogenated alkanes) is 14. The van der Waals surface area contributed by atoms with Crippen molar-refractivity contribution in [2.75, 3.05) is 0 Å². The minimum atomic E-state index is 0.694. The molecule has 0 spiro atoms. The summed E-state index contributed by atoms with van der Waals surface area (Å²) in [4.78, 5) is 0. The van der Waals surface area contributed by atoms with E-state index < -0.39 is 0 Å². The van der Waals surface area contributed by atoms with Crippen LogP contribution in [0.2, 0.25) is 0 Å². The molecule has 1 unspecified atom stereocenters. The van der Waals surface area contributed by atoms with E-state index in [1.54, 1.807) is 0 Å². The van der Waals surface area contributed by atoms with E-state index in [-0.39, 0.29) is 0 Å². The molecule has 0 N–H and O–H groups in total. The topological polar surface area (TPSA) is 0 Å². The molecule has 0 saturated carbocycles. The summed E-state index contributed by atoms with van der Waals surface area (Å²) in [5.74, 6) is 0.694. The average Bonchev–Trinajstić information content (AvgIpc) is 2.65.